The molecule has 0 radical (unpaired) electrons. The van der Waals surface area contributed by atoms with Crippen LogP contribution in [0.25, 0.3) is 0 Å². The Labute approximate surface area is 170 Å². The van der Waals surface area contributed by atoms with Crippen molar-refractivity contribution < 1.29 is 13.2 Å². The normalized spacial score (nSPS) is 12.2. The molecule has 1 aromatic carbocycles. The maximum atomic E-state index is 12.6. The fourth-order valence-corrected chi connectivity index (χ4v) is 3.50. The van der Waals surface area contributed by atoms with Crippen molar-refractivity contribution in [2.75, 3.05) is 13.6 Å². The lowest BCUT2D eigenvalue weighted by atomic mass is 10.1. The molecule has 0 saturated carbocycles. The van der Waals surface area contributed by atoms with Crippen LogP contribution in [0.5, 0.6) is 0 Å². The van der Waals surface area contributed by atoms with Gasteiger partial charge in [0.25, 0.3) is 0 Å². The molecule has 6 nitrogen and oxygen atoms in total. The number of hydrogen-bond donors (Lipinski definition) is 2. The van der Waals surface area contributed by atoms with Gasteiger partial charge in [-0.05, 0) is 17.2 Å². The third-order valence-corrected chi connectivity index (χ3v) is 5.06. The number of thiazole rings is 1. The van der Waals surface area contributed by atoms with E-state index in [4.69, 9.17) is 0 Å². The van der Waals surface area contributed by atoms with Gasteiger partial charge in [0.15, 0.2) is 11.7 Å². The zero-order valence-corrected chi connectivity index (χ0v) is 16.6. The van der Waals surface area contributed by atoms with Gasteiger partial charge in [-0.3, -0.25) is 9.67 Å². The van der Waals surface area contributed by atoms with Crippen LogP contribution in [0.2, 0.25) is 0 Å². The summed E-state index contributed by atoms with van der Waals surface area (Å²) < 4.78 is 39.7. The number of rotatable bonds is 7. The van der Waals surface area contributed by atoms with E-state index in [0.717, 1.165) is 27.8 Å². The van der Waals surface area contributed by atoms with E-state index in [-0.39, 0.29) is 0 Å². The van der Waals surface area contributed by atoms with Gasteiger partial charge in [0.05, 0.1) is 11.6 Å². The zero-order chi connectivity index (χ0) is 20.7. The molecule has 10 heteroatoms. The number of benzene rings is 1. The summed E-state index contributed by atoms with van der Waals surface area (Å²) in [5.74, 6) is 0.575. The number of halogens is 3. The number of hydrogen-bond acceptors (Lipinski definition) is 4. The Bertz CT molecular complexity index is 934. The molecule has 0 spiro atoms. The minimum atomic E-state index is -4.40. The maximum Gasteiger partial charge on any atom is 0.434 e. The standard InChI is InChI=1S/C19H21F3N6S/c1-23-18(24-9-7-17-27-16(13-29-17)19(20,21)22)25-11-14-5-2-3-6-15(14)12-28-10-4-8-26-28/h2-6,8,10,13H,7,9,11-12H2,1H3,(H2,23,24,25). The van der Waals surface area contributed by atoms with E-state index >= 15 is 0 Å². The second-order valence-corrected chi connectivity index (χ2v) is 7.14. The maximum absolute atomic E-state index is 12.6. The summed E-state index contributed by atoms with van der Waals surface area (Å²) in [6.07, 6.45) is -0.360. The third-order valence-electron chi connectivity index (χ3n) is 4.15. The van der Waals surface area contributed by atoms with Crippen LogP contribution in [0, 0.1) is 0 Å². The molecule has 0 aliphatic carbocycles. The highest BCUT2D eigenvalue weighted by Gasteiger charge is 2.33. The number of nitrogens with zero attached hydrogens (tertiary/aromatic N) is 4. The van der Waals surface area contributed by atoms with E-state index in [1.165, 1.54) is 0 Å². The van der Waals surface area contributed by atoms with Crippen LogP contribution in [-0.2, 0) is 25.7 Å². The number of guanidine groups is 1. The van der Waals surface area contributed by atoms with Gasteiger partial charge in [-0.1, -0.05) is 24.3 Å². The Kier molecular flexibility index (Phi) is 6.86. The summed E-state index contributed by atoms with van der Waals surface area (Å²) in [5.41, 5.74) is 1.41. The van der Waals surface area contributed by atoms with Crippen LogP contribution < -0.4 is 10.6 Å². The predicted octanol–water partition coefficient (Wildman–Crippen LogP) is 3.31. The Hall–Kier alpha value is -2.88. The first-order valence-electron chi connectivity index (χ1n) is 8.96. The van der Waals surface area contributed by atoms with Crippen molar-refractivity contribution in [1.29, 1.82) is 0 Å². The lowest BCUT2D eigenvalue weighted by Gasteiger charge is -2.14. The number of alkyl halides is 3. The summed E-state index contributed by atoms with van der Waals surface area (Å²) in [7, 11) is 1.65. The fraction of sp³-hybridized carbons (Fsp3) is 0.316. The summed E-state index contributed by atoms with van der Waals surface area (Å²) in [6.45, 7) is 1.66. The van der Waals surface area contributed by atoms with Crippen LogP contribution in [0.15, 0.2) is 53.1 Å². The Morgan fingerprint density at radius 3 is 2.62 bits per heavy atom. The van der Waals surface area contributed by atoms with Crippen LogP contribution in [0.3, 0.4) is 0 Å². The largest absolute Gasteiger partial charge is 0.434 e. The van der Waals surface area contributed by atoms with Gasteiger partial charge in [-0.15, -0.1) is 11.3 Å². The molecular formula is C19H21F3N6S. The molecule has 2 N–H and O–H groups in total. The van der Waals surface area contributed by atoms with Crippen molar-refractivity contribution in [3.05, 3.63) is 69.9 Å². The molecule has 0 aliphatic heterocycles. The summed E-state index contributed by atoms with van der Waals surface area (Å²) in [4.78, 5) is 7.79. The molecule has 0 amide bonds. The fourth-order valence-electron chi connectivity index (χ4n) is 2.70. The molecule has 0 fully saturated rings. The minimum absolute atomic E-state index is 0.386. The summed E-state index contributed by atoms with van der Waals surface area (Å²) in [6, 6.07) is 9.93. The Balaban J connectivity index is 1.50. The topological polar surface area (TPSA) is 67.1 Å². The molecule has 0 unspecified atom stereocenters. The lowest BCUT2D eigenvalue weighted by Crippen LogP contribution is -2.38. The van der Waals surface area contributed by atoms with Gasteiger partial charge in [0.2, 0.25) is 0 Å². The quantitative estimate of drug-likeness (QED) is 0.453. The Morgan fingerprint density at radius 1 is 1.17 bits per heavy atom. The van der Waals surface area contributed by atoms with Crippen molar-refractivity contribution in [3.8, 4) is 0 Å². The minimum Gasteiger partial charge on any atom is -0.356 e. The molecule has 0 atom stereocenters. The van der Waals surface area contributed by atoms with Gasteiger partial charge >= 0.3 is 6.18 Å². The van der Waals surface area contributed by atoms with Crippen molar-refractivity contribution in [2.45, 2.75) is 25.7 Å². The van der Waals surface area contributed by atoms with Crippen molar-refractivity contribution in [1.82, 2.24) is 25.4 Å². The molecule has 154 valence electrons. The van der Waals surface area contributed by atoms with Gasteiger partial charge in [0.1, 0.15) is 0 Å². The highest BCUT2D eigenvalue weighted by Crippen LogP contribution is 2.29. The van der Waals surface area contributed by atoms with Crippen LogP contribution in [0.4, 0.5) is 13.2 Å². The van der Waals surface area contributed by atoms with Crippen molar-refractivity contribution >= 4 is 17.3 Å². The van der Waals surface area contributed by atoms with Gasteiger partial charge in [0, 0.05) is 44.3 Å². The van der Waals surface area contributed by atoms with Crippen LogP contribution in [0.1, 0.15) is 21.8 Å². The van der Waals surface area contributed by atoms with E-state index in [1.54, 1.807) is 13.2 Å². The molecule has 29 heavy (non-hydrogen) atoms. The average molecular weight is 422 g/mol. The first-order chi connectivity index (χ1) is 14.0. The molecular weight excluding hydrogens is 401 g/mol. The molecule has 0 aliphatic rings. The van der Waals surface area contributed by atoms with Gasteiger partial charge in [-0.2, -0.15) is 18.3 Å². The monoisotopic (exact) mass is 422 g/mol. The second kappa shape index (κ2) is 9.55. The van der Waals surface area contributed by atoms with E-state index < -0.39 is 11.9 Å². The molecule has 0 saturated heterocycles. The van der Waals surface area contributed by atoms with Crippen LogP contribution in [-0.4, -0.2) is 34.3 Å². The lowest BCUT2D eigenvalue weighted by molar-refractivity contribution is -0.140. The first kappa shape index (κ1) is 20.8. The summed E-state index contributed by atoms with van der Waals surface area (Å²) >= 11 is 1.01. The summed E-state index contributed by atoms with van der Waals surface area (Å²) in [5, 5.41) is 12.1. The second-order valence-electron chi connectivity index (χ2n) is 6.20. The molecule has 0 bridgehead atoms. The van der Waals surface area contributed by atoms with Crippen molar-refractivity contribution in [3.63, 3.8) is 0 Å². The Morgan fingerprint density at radius 2 is 1.97 bits per heavy atom. The molecule has 2 aromatic heterocycles. The van der Waals surface area contributed by atoms with Gasteiger partial charge < -0.3 is 10.6 Å². The number of aromatic nitrogens is 3. The van der Waals surface area contributed by atoms with Crippen LogP contribution >= 0.6 is 11.3 Å². The molecule has 3 aromatic rings. The highest BCUT2D eigenvalue weighted by atomic mass is 32.1. The van der Waals surface area contributed by atoms with E-state index in [1.807, 2.05) is 35.1 Å². The van der Waals surface area contributed by atoms with E-state index in [9.17, 15) is 13.2 Å². The molecule has 2 heterocycles. The van der Waals surface area contributed by atoms with E-state index in [2.05, 4.69) is 31.8 Å². The zero-order valence-electron chi connectivity index (χ0n) is 15.8. The SMILES string of the molecule is CN=C(NCCc1nc(C(F)(F)F)cs1)NCc1ccccc1Cn1cccn1. The third kappa shape index (κ3) is 6.05. The predicted molar refractivity (Wildman–Crippen MR) is 107 cm³/mol. The highest BCUT2D eigenvalue weighted by molar-refractivity contribution is 7.09. The smallest absolute Gasteiger partial charge is 0.356 e. The number of nitrogens with one attached hydrogen (secondary N) is 2. The van der Waals surface area contributed by atoms with E-state index in [0.29, 0.717) is 37.0 Å². The molecule has 3 rings (SSSR count). The van der Waals surface area contributed by atoms with Gasteiger partial charge in [-0.25, -0.2) is 4.98 Å². The number of aliphatic imine (C=N–C) groups is 1. The first-order valence-corrected chi connectivity index (χ1v) is 9.84. The average Bonchev–Trinajstić information content (AvgIpc) is 3.37. The van der Waals surface area contributed by atoms with Crippen molar-refractivity contribution in [2.24, 2.45) is 4.99 Å².